The Morgan fingerprint density at radius 3 is 3.09 bits per heavy atom. The van der Waals surface area contributed by atoms with Crippen LogP contribution >= 0.6 is 0 Å². The van der Waals surface area contributed by atoms with Gasteiger partial charge in [-0.05, 0) is 0 Å². The van der Waals surface area contributed by atoms with Gasteiger partial charge in [0.25, 0.3) is 0 Å². The number of nitrogens with zero attached hydrogens (tertiary/aromatic N) is 3. The largest absolute Gasteiger partial charge is 0.316 e. The average Bonchev–Trinajstić information content (AvgIpc) is 2.25. The van der Waals surface area contributed by atoms with Gasteiger partial charge in [-0.1, -0.05) is 5.21 Å². The Labute approximate surface area is 65.6 Å². The quantitative estimate of drug-likeness (QED) is 0.545. The molecule has 0 atom stereocenters. The lowest BCUT2D eigenvalue weighted by molar-refractivity contribution is 0.640. The van der Waals surface area contributed by atoms with Crippen molar-refractivity contribution < 1.29 is 0 Å². The zero-order valence-corrected chi connectivity index (χ0v) is 6.67. The number of fused-ring (bicyclic) bond motifs is 1. The van der Waals surface area contributed by atoms with E-state index in [1.54, 1.807) is 0 Å². The van der Waals surface area contributed by atoms with E-state index in [1.165, 1.54) is 5.69 Å². The summed E-state index contributed by atoms with van der Waals surface area (Å²) in [7, 11) is 1.96. The maximum absolute atomic E-state index is 4.09. The highest BCUT2D eigenvalue weighted by Crippen LogP contribution is 2.07. The molecule has 0 saturated heterocycles. The van der Waals surface area contributed by atoms with Crippen molar-refractivity contribution in [3.63, 3.8) is 0 Å². The SMILES string of the molecule is Cn1nnc2c1CCNCC2. The summed E-state index contributed by atoms with van der Waals surface area (Å²) in [6.07, 6.45) is 2.07. The summed E-state index contributed by atoms with van der Waals surface area (Å²) in [5, 5.41) is 11.4. The molecular weight excluding hydrogens is 140 g/mol. The summed E-state index contributed by atoms with van der Waals surface area (Å²) in [5.74, 6) is 0. The zero-order valence-electron chi connectivity index (χ0n) is 6.67. The van der Waals surface area contributed by atoms with Crippen molar-refractivity contribution in [2.75, 3.05) is 13.1 Å². The Morgan fingerprint density at radius 1 is 1.36 bits per heavy atom. The zero-order chi connectivity index (χ0) is 7.68. The third-order valence-corrected chi connectivity index (χ3v) is 2.10. The molecule has 11 heavy (non-hydrogen) atoms. The molecule has 0 unspecified atom stereocenters. The normalized spacial score (nSPS) is 17.5. The first-order chi connectivity index (χ1) is 5.38. The van der Waals surface area contributed by atoms with E-state index in [2.05, 4.69) is 15.6 Å². The van der Waals surface area contributed by atoms with E-state index < -0.39 is 0 Å². The minimum absolute atomic E-state index is 1.02. The van der Waals surface area contributed by atoms with E-state index in [-0.39, 0.29) is 0 Å². The molecule has 0 aromatic carbocycles. The summed E-state index contributed by atoms with van der Waals surface area (Å²) in [4.78, 5) is 0. The highest BCUT2D eigenvalue weighted by molar-refractivity contribution is 5.12. The summed E-state index contributed by atoms with van der Waals surface area (Å²) < 4.78 is 1.88. The van der Waals surface area contributed by atoms with E-state index in [1.807, 2.05) is 11.7 Å². The molecule has 0 fully saturated rings. The van der Waals surface area contributed by atoms with E-state index in [4.69, 9.17) is 0 Å². The van der Waals surface area contributed by atoms with E-state index in [9.17, 15) is 0 Å². The van der Waals surface area contributed by atoms with Crippen LogP contribution in [0.4, 0.5) is 0 Å². The fourth-order valence-corrected chi connectivity index (χ4v) is 1.46. The Morgan fingerprint density at radius 2 is 2.18 bits per heavy atom. The number of rotatable bonds is 0. The number of aromatic nitrogens is 3. The second-order valence-corrected chi connectivity index (χ2v) is 2.86. The third kappa shape index (κ3) is 1.14. The molecule has 0 saturated carbocycles. The molecule has 1 aromatic heterocycles. The molecule has 0 amide bonds. The lowest BCUT2D eigenvalue weighted by Gasteiger charge is -1.97. The second-order valence-electron chi connectivity index (χ2n) is 2.86. The van der Waals surface area contributed by atoms with Crippen molar-refractivity contribution in [3.05, 3.63) is 11.4 Å². The topological polar surface area (TPSA) is 42.7 Å². The first kappa shape index (κ1) is 6.79. The molecule has 1 aliphatic rings. The number of nitrogens with one attached hydrogen (secondary N) is 1. The summed E-state index contributed by atoms with van der Waals surface area (Å²) >= 11 is 0. The molecular formula is C7H12N4. The van der Waals surface area contributed by atoms with Crippen LogP contribution in [0, 0.1) is 0 Å². The fourth-order valence-electron chi connectivity index (χ4n) is 1.46. The van der Waals surface area contributed by atoms with Crippen molar-refractivity contribution in [2.45, 2.75) is 12.8 Å². The van der Waals surface area contributed by atoms with Crippen molar-refractivity contribution in [2.24, 2.45) is 7.05 Å². The maximum Gasteiger partial charge on any atom is 0.0872 e. The standard InChI is InChI=1S/C7H12N4/c1-11-7-3-5-8-4-2-6(7)9-10-11/h8H,2-5H2,1H3. The van der Waals surface area contributed by atoms with E-state index in [0.29, 0.717) is 0 Å². The van der Waals surface area contributed by atoms with E-state index in [0.717, 1.165) is 31.6 Å². The number of hydrogen-bond acceptors (Lipinski definition) is 3. The minimum Gasteiger partial charge on any atom is -0.316 e. The molecule has 60 valence electrons. The summed E-state index contributed by atoms with van der Waals surface area (Å²) in [6.45, 7) is 2.08. The van der Waals surface area contributed by atoms with Gasteiger partial charge in [-0.25, -0.2) is 0 Å². The second kappa shape index (κ2) is 2.62. The first-order valence-corrected chi connectivity index (χ1v) is 3.96. The van der Waals surface area contributed by atoms with Crippen molar-refractivity contribution in [3.8, 4) is 0 Å². The molecule has 0 aliphatic carbocycles. The van der Waals surface area contributed by atoms with Gasteiger partial charge in [0, 0.05) is 33.0 Å². The van der Waals surface area contributed by atoms with Crippen LogP contribution in [-0.2, 0) is 19.9 Å². The number of aryl methyl sites for hydroxylation is 1. The number of hydrogen-bond donors (Lipinski definition) is 1. The van der Waals surface area contributed by atoms with Gasteiger partial charge >= 0.3 is 0 Å². The molecule has 0 radical (unpaired) electrons. The molecule has 0 bridgehead atoms. The summed E-state index contributed by atoms with van der Waals surface area (Å²) in [6, 6.07) is 0. The van der Waals surface area contributed by atoms with Crippen LogP contribution in [0.25, 0.3) is 0 Å². The van der Waals surface area contributed by atoms with Crippen molar-refractivity contribution in [1.29, 1.82) is 0 Å². The van der Waals surface area contributed by atoms with Gasteiger partial charge in [-0.2, -0.15) is 0 Å². The van der Waals surface area contributed by atoms with Gasteiger partial charge in [-0.15, -0.1) is 5.10 Å². The van der Waals surface area contributed by atoms with Crippen LogP contribution in [-0.4, -0.2) is 28.1 Å². The fraction of sp³-hybridized carbons (Fsp3) is 0.714. The van der Waals surface area contributed by atoms with Gasteiger partial charge in [0.1, 0.15) is 0 Å². The molecule has 1 N–H and O–H groups in total. The Hall–Kier alpha value is -0.900. The Kier molecular flexibility index (Phi) is 1.62. The lowest BCUT2D eigenvalue weighted by Crippen LogP contribution is -2.17. The van der Waals surface area contributed by atoms with Crippen LogP contribution in [0.15, 0.2) is 0 Å². The van der Waals surface area contributed by atoms with Crippen LogP contribution < -0.4 is 5.32 Å². The molecule has 4 heteroatoms. The molecule has 0 spiro atoms. The highest BCUT2D eigenvalue weighted by Gasteiger charge is 2.12. The Bertz CT molecular complexity index is 253. The van der Waals surface area contributed by atoms with Gasteiger partial charge in [-0.3, -0.25) is 4.68 Å². The van der Waals surface area contributed by atoms with Gasteiger partial charge < -0.3 is 5.32 Å². The molecule has 2 rings (SSSR count). The molecule has 1 aromatic rings. The summed E-state index contributed by atoms with van der Waals surface area (Å²) in [5.41, 5.74) is 2.45. The van der Waals surface area contributed by atoms with Gasteiger partial charge in [0.15, 0.2) is 0 Å². The van der Waals surface area contributed by atoms with Crippen LogP contribution in [0.5, 0.6) is 0 Å². The Balaban J connectivity index is 2.35. The predicted octanol–water partition coefficient (Wildman–Crippen LogP) is -0.497. The first-order valence-electron chi connectivity index (χ1n) is 3.96. The minimum atomic E-state index is 1.02. The smallest absolute Gasteiger partial charge is 0.0872 e. The maximum atomic E-state index is 4.09. The molecule has 1 aliphatic heterocycles. The average molecular weight is 152 g/mol. The van der Waals surface area contributed by atoms with Crippen molar-refractivity contribution in [1.82, 2.24) is 20.3 Å². The van der Waals surface area contributed by atoms with Gasteiger partial charge in [0.2, 0.25) is 0 Å². The van der Waals surface area contributed by atoms with Crippen LogP contribution in [0.2, 0.25) is 0 Å². The molecule has 4 nitrogen and oxygen atoms in total. The van der Waals surface area contributed by atoms with Crippen molar-refractivity contribution >= 4 is 0 Å². The monoisotopic (exact) mass is 152 g/mol. The van der Waals surface area contributed by atoms with Crippen LogP contribution in [0.3, 0.4) is 0 Å². The van der Waals surface area contributed by atoms with E-state index >= 15 is 0 Å². The lowest BCUT2D eigenvalue weighted by atomic mass is 10.2. The molecule has 2 heterocycles. The van der Waals surface area contributed by atoms with Gasteiger partial charge in [0.05, 0.1) is 11.4 Å². The third-order valence-electron chi connectivity index (χ3n) is 2.10. The predicted molar refractivity (Wildman–Crippen MR) is 41.3 cm³/mol. The highest BCUT2D eigenvalue weighted by atomic mass is 15.4. The van der Waals surface area contributed by atoms with Crippen LogP contribution in [0.1, 0.15) is 11.4 Å².